The van der Waals surface area contributed by atoms with Crippen LogP contribution in [-0.2, 0) is 14.8 Å². The van der Waals surface area contributed by atoms with Crippen LogP contribution in [0.2, 0.25) is 5.02 Å². The van der Waals surface area contributed by atoms with Crippen LogP contribution in [0.5, 0.6) is 0 Å². The molecule has 0 saturated carbocycles. The monoisotopic (exact) mass is 372 g/mol. The molecule has 2 aliphatic rings. The molecule has 2 saturated heterocycles. The lowest BCUT2D eigenvalue weighted by Gasteiger charge is -2.29. The summed E-state index contributed by atoms with van der Waals surface area (Å²) in [5, 5.41) is 3.17. The highest BCUT2D eigenvalue weighted by molar-refractivity contribution is 7.92. The second kappa shape index (κ2) is 7.29. The molecule has 8 heteroatoms. The number of hydrogen-bond donors (Lipinski definition) is 1. The van der Waals surface area contributed by atoms with Crippen LogP contribution in [0.15, 0.2) is 18.2 Å². The normalized spacial score (nSPS) is 23.2. The third-order valence-electron chi connectivity index (χ3n) is 4.34. The Bertz CT molecular complexity index is 717. The Kier molecular flexibility index (Phi) is 5.32. The number of ether oxygens (including phenoxy) is 1. The van der Waals surface area contributed by atoms with Crippen molar-refractivity contribution in [3.8, 4) is 0 Å². The molecule has 2 aliphatic heterocycles. The molecular formula is C16H21ClN2O4S. The van der Waals surface area contributed by atoms with E-state index in [1.165, 1.54) is 4.31 Å². The van der Waals surface area contributed by atoms with E-state index in [0.29, 0.717) is 35.8 Å². The van der Waals surface area contributed by atoms with Gasteiger partial charge in [0.05, 0.1) is 22.6 Å². The highest BCUT2D eigenvalue weighted by atomic mass is 35.5. The van der Waals surface area contributed by atoms with Crippen LogP contribution in [0.1, 0.15) is 36.0 Å². The molecule has 6 nitrogen and oxygen atoms in total. The average molecular weight is 373 g/mol. The Hall–Kier alpha value is -1.31. The van der Waals surface area contributed by atoms with Gasteiger partial charge in [-0.15, -0.1) is 0 Å². The van der Waals surface area contributed by atoms with E-state index in [0.717, 1.165) is 25.9 Å². The van der Waals surface area contributed by atoms with Crippen LogP contribution in [0.3, 0.4) is 0 Å². The Morgan fingerprint density at radius 1 is 1.33 bits per heavy atom. The largest absolute Gasteiger partial charge is 0.376 e. The van der Waals surface area contributed by atoms with Crippen molar-refractivity contribution in [2.75, 3.05) is 29.8 Å². The third kappa shape index (κ3) is 3.84. The summed E-state index contributed by atoms with van der Waals surface area (Å²) in [4.78, 5) is 12.3. The quantitative estimate of drug-likeness (QED) is 0.878. The standard InChI is InChI=1S/C16H21ClN2O4S/c17-14-6-5-12(16(20)18-11-13-4-3-8-23-13)10-15(14)19-7-1-2-9-24(19,21)22/h5-6,10,13H,1-4,7-9,11H2,(H,18,20)/t13-/m1/s1. The first kappa shape index (κ1) is 17.5. The Morgan fingerprint density at radius 3 is 2.88 bits per heavy atom. The molecular weight excluding hydrogens is 352 g/mol. The van der Waals surface area contributed by atoms with Crippen LogP contribution >= 0.6 is 11.6 Å². The summed E-state index contributed by atoms with van der Waals surface area (Å²) in [7, 11) is -3.37. The van der Waals surface area contributed by atoms with Gasteiger partial charge in [-0.2, -0.15) is 0 Å². The van der Waals surface area contributed by atoms with Gasteiger partial charge in [0.15, 0.2) is 0 Å². The number of carbonyl (C=O) groups is 1. The second-order valence-corrected chi connectivity index (χ2v) is 8.53. The molecule has 1 amide bonds. The minimum absolute atomic E-state index is 0.0585. The number of hydrogen-bond acceptors (Lipinski definition) is 4. The maximum absolute atomic E-state index is 12.3. The number of carbonyl (C=O) groups excluding carboxylic acids is 1. The molecule has 1 N–H and O–H groups in total. The predicted octanol–water partition coefficient (Wildman–Crippen LogP) is 2.18. The first-order valence-corrected chi connectivity index (χ1v) is 10.2. The van der Waals surface area contributed by atoms with Crippen molar-refractivity contribution in [2.24, 2.45) is 0 Å². The van der Waals surface area contributed by atoms with E-state index in [1.54, 1.807) is 18.2 Å². The van der Waals surface area contributed by atoms with Crippen LogP contribution in [0.25, 0.3) is 0 Å². The average Bonchev–Trinajstić information content (AvgIpc) is 3.06. The maximum Gasteiger partial charge on any atom is 0.251 e. The molecule has 0 unspecified atom stereocenters. The van der Waals surface area contributed by atoms with Crippen molar-refractivity contribution < 1.29 is 17.9 Å². The first-order chi connectivity index (χ1) is 11.5. The number of nitrogens with one attached hydrogen (secondary N) is 1. The van der Waals surface area contributed by atoms with E-state index in [-0.39, 0.29) is 17.8 Å². The Labute approximate surface area is 147 Å². The number of rotatable bonds is 4. The lowest BCUT2D eigenvalue weighted by atomic mass is 10.1. The molecule has 3 rings (SSSR count). The third-order valence-corrected chi connectivity index (χ3v) is 6.52. The van der Waals surface area contributed by atoms with Crippen molar-refractivity contribution in [3.05, 3.63) is 28.8 Å². The molecule has 2 heterocycles. The zero-order valence-corrected chi connectivity index (χ0v) is 14.9. The summed E-state index contributed by atoms with van der Waals surface area (Å²) in [6.07, 6.45) is 3.45. The lowest BCUT2D eigenvalue weighted by Crippen LogP contribution is -2.38. The molecule has 0 bridgehead atoms. The van der Waals surface area contributed by atoms with Gasteiger partial charge in [-0.1, -0.05) is 11.6 Å². The number of benzene rings is 1. The van der Waals surface area contributed by atoms with Gasteiger partial charge in [0, 0.05) is 25.3 Å². The number of sulfonamides is 1. The zero-order valence-electron chi connectivity index (χ0n) is 13.3. The van der Waals surface area contributed by atoms with Crippen molar-refractivity contribution in [1.29, 1.82) is 0 Å². The van der Waals surface area contributed by atoms with E-state index < -0.39 is 10.0 Å². The number of anilines is 1. The van der Waals surface area contributed by atoms with E-state index in [9.17, 15) is 13.2 Å². The maximum atomic E-state index is 12.3. The SMILES string of the molecule is O=C(NC[C@H]1CCCO1)c1ccc(Cl)c(N2CCCCS2(=O)=O)c1. The van der Waals surface area contributed by atoms with Crippen molar-refractivity contribution in [2.45, 2.75) is 31.8 Å². The summed E-state index contributed by atoms with van der Waals surface area (Å²) in [5.41, 5.74) is 0.773. The fourth-order valence-electron chi connectivity index (χ4n) is 3.02. The summed E-state index contributed by atoms with van der Waals surface area (Å²) in [6.45, 7) is 1.58. The van der Waals surface area contributed by atoms with Gasteiger partial charge in [0.2, 0.25) is 10.0 Å². The van der Waals surface area contributed by atoms with Gasteiger partial charge in [-0.05, 0) is 43.9 Å². The van der Waals surface area contributed by atoms with Crippen molar-refractivity contribution in [1.82, 2.24) is 5.32 Å². The van der Waals surface area contributed by atoms with E-state index in [4.69, 9.17) is 16.3 Å². The van der Waals surface area contributed by atoms with E-state index >= 15 is 0 Å². The number of halogens is 1. The Morgan fingerprint density at radius 2 is 2.17 bits per heavy atom. The van der Waals surface area contributed by atoms with Gasteiger partial charge < -0.3 is 10.1 Å². The minimum atomic E-state index is -3.37. The lowest BCUT2D eigenvalue weighted by molar-refractivity contribution is 0.0858. The van der Waals surface area contributed by atoms with Gasteiger partial charge in [-0.3, -0.25) is 9.10 Å². The van der Waals surface area contributed by atoms with E-state index in [1.807, 2.05) is 0 Å². The van der Waals surface area contributed by atoms with Gasteiger partial charge in [-0.25, -0.2) is 8.42 Å². The predicted molar refractivity (Wildman–Crippen MR) is 93.1 cm³/mol. The summed E-state index contributed by atoms with van der Waals surface area (Å²) >= 11 is 6.18. The molecule has 0 aromatic heterocycles. The number of nitrogens with zero attached hydrogens (tertiary/aromatic N) is 1. The van der Waals surface area contributed by atoms with Crippen LogP contribution in [0.4, 0.5) is 5.69 Å². The van der Waals surface area contributed by atoms with Gasteiger partial charge in [0.25, 0.3) is 5.91 Å². The summed E-state index contributed by atoms with van der Waals surface area (Å²) in [5.74, 6) is -0.142. The van der Waals surface area contributed by atoms with Crippen molar-refractivity contribution in [3.63, 3.8) is 0 Å². The topological polar surface area (TPSA) is 75.7 Å². The molecule has 1 aromatic rings. The highest BCUT2D eigenvalue weighted by Crippen LogP contribution is 2.31. The fraction of sp³-hybridized carbons (Fsp3) is 0.562. The van der Waals surface area contributed by atoms with E-state index in [2.05, 4.69) is 5.32 Å². The van der Waals surface area contributed by atoms with Crippen LogP contribution in [0, 0.1) is 0 Å². The van der Waals surface area contributed by atoms with Crippen LogP contribution < -0.4 is 9.62 Å². The fourth-order valence-corrected chi connectivity index (χ4v) is 4.94. The highest BCUT2D eigenvalue weighted by Gasteiger charge is 2.28. The molecule has 2 fully saturated rings. The van der Waals surface area contributed by atoms with Gasteiger partial charge >= 0.3 is 0 Å². The summed E-state index contributed by atoms with van der Waals surface area (Å²) in [6, 6.07) is 4.73. The molecule has 0 spiro atoms. The molecule has 0 radical (unpaired) electrons. The molecule has 0 aliphatic carbocycles. The molecule has 1 atom stereocenters. The van der Waals surface area contributed by atoms with Crippen molar-refractivity contribution >= 4 is 33.2 Å². The zero-order chi connectivity index (χ0) is 17.2. The Balaban J connectivity index is 1.76. The second-order valence-electron chi connectivity index (χ2n) is 6.11. The first-order valence-electron chi connectivity index (χ1n) is 8.17. The summed E-state index contributed by atoms with van der Waals surface area (Å²) < 4.78 is 31.3. The van der Waals surface area contributed by atoms with Gasteiger partial charge in [0.1, 0.15) is 0 Å². The molecule has 132 valence electrons. The number of amides is 1. The molecule has 24 heavy (non-hydrogen) atoms. The molecule has 1 aromatic carbocycles. The smallest absolute Gasteiger partial charge is 0.251 e. The van der Waals surface area contributed by atoms with Crippen LogP contribution in [-0.4, -0.2) is 45.9 Å². The minimum Gasteiger partial charge on any atom is -0.376 e.